The summed E-state index contributed by atoms with van der Waals surface area (Å²) in [7, 11) is 0. The largest absolute Gasteiger partial charge is 0.324 e. The van der Waals surface area contributed by atoms with E-state index in [1.165, 1.54) is 6.07 Å². The van der Waals surface area contributed by atoms with Crippen LogP contribution in [0.4, 0.5) is 8.78 Å². The number of nitrogens with two attached hydrogens (primary N) is 1. The molecule has 0 spiro atoms. The van der Waals surface area contributed by atoms with Crippen molar-refractivity contribution in [3.8, 4) is 6.07 Å². The van der Waals surface area contributed by atoms with Crippen LogP contribution < -0.4 is 5.73 Å². The first-order valence-corrected chi connectivity index (χ1v) is 4.22. The summed E-state index contributed by atoms with van der Waals surface area (Å²) in [6.07, 6.45) is 0.752. The third-order valence-electron chi connectivity index (χ3n) is 1.94. The third kappa shape index (κ3) is 2.51. The Bertz CT molecular complexity index is 358. The first kappa shape index (κ1) is 10.6. The van der Waals surface area contributed by atoms with E-state index < -0.39 is 17.7 Å². The van der Waals surface area contributed by atoms with Gasteiger partial charge >= 0.3 is 0 Å². The fourth-order valence-corrected chi connectivity index (χ4v) is 1.13. The molecule has 0 radical (unpaired) electrons. The van der Waals surface area contributed by atoms with Crippen molar-refractivity contribution in [2.24, 2.45) is 5.73 Å². The van der Waals surface area contributed by atoms with E-state index in [-0.39, 0.29) is 0 Å². The zero-order chi connectivity index (χ0) is 10.6. The molecule has 0 saturated carbocycles. The molecule has 0 aliphatic carbocycles. The van der Waals surface area contributed by atoms with Crippen molar-refractivity contribution >= 4 is 0 Å². The van der Waals surface area contributed by atoms with Crippen molar-refractivity contribution < 1.29 is 8.78 Å². The van der Waals surface area contributed by atoms with Gasteiger partial charge in [-0.15, -0.1) is 0 Å². The van der Waals surface area contributed by atoms with Crippen LogP contribution in [0.25, 0.3) is 0 Å². The highest BCUT2D eigenvalue weighted by molar-refractivity contribution is 5.20. The maximum atomic E-state index is 12.8. The van der Waals surface area contributed by atoms with Gasteiger partial charge in [-0.3, -0.25) is 0 Å². The Balaban J connectivity index is 2.76. The average Bonchev–Trinajstić information content (AvgIpc) is 2.18. The molecule has 0 aliphatic heterocycles. The van der Waals surface area contributed by atoms with Gasteiger partial charge in [0.05, 0.1) is 6.07 Å². The number of rotatable bonds is 3. The molecule has 0 fully saturated rings. The van der Waals surface area contributed by atoms with Crippen LogP contribution in [-0.4, -0.2) is 0 Å². The summed E-state index contributed by atoms with van der Waals surface area (Å²) >= 11 is 0. The van der Waals surface area contributed by atoms with Crippen molar-refractivity contribution in [2.45, 2.75) is 18.9 Å². The summed E-state index contributed by atoms with van der Waals surface area (Å²) in [5, 5.41) is 8.32. The Morgan fingerprint density at radius 2 is 2.07 bits per heavy atom. The molecule has 1 rings (SSSR count). The molecule has 0 aliphatic rings. The van der Waals surface area contributed by atoms with Gasteiger partial charge in [-0.2, -0.15) is 5.26 Å². The van der Waals surface area contributed by atoms with Gasteiger partial charge in [0.25, 0.3) is 0 Å². The standard InChI is InChI=1S/C10H10F2N2/c11-8-4-3-7(6-9(8)12)10(14)2-1-5-13/h3-4,6,10H,1-2,14H2. The Morgan fingerprint density at radius 1 is 1.36 bits per heavy atom. The summed E-state index contributed by atoms with van der Waals surface area (Å²) in [6.45, 7) is 0. The molecule has 1 aromatic rings. The van der Waals surface area contributed by atoms with Gasteiger partial charge in [0, 0.05) is 12.5 Å². The minimum atomic E-state index is -0.907. The number of benzene rings is 1. The van der Waals surface area contributed by atoms with Crippen LogP contribution in [0.5, 0.6) is 0 Å². The Morgan fingerprint density at radius 3 is 2.64 bits per heavy atom. The fraction of sp³-hybridized carbons (Fsp3) is 0.300. The first-order valence-electron chi connectivity index (χ1n) is 4.22. The van der Waals surface area contributed by atoms with Crippen molar-refractivity contribution in [1.82, 2.24) is 0 Å². The molecule has 0 bridgehead atoms. The molecule has 4 heteroatoms. The second-order valence-corrected chi connectivity index (χ2v) is 2.98. The lowest BCUT2D eigenvalue weighted by Gasteiger charge is -2.09. The van der Waals surface area contributed by atoms with Gasteiger partial charge in [-0.1, -0.05) is 6.07 Å². The van der Waals surface area contributed by atoms with E-state index in [2.05, 4.69) is 0 Å². The van der Waals surface area contributed by atoms with Gasteiger partial charge < -0.3 is 5.73 Å². The maximum Gasteiger partial charge on any atom is 0.159 e. The molecule has 1 atom stereocenters. The monoisotopic (exact) mass is 196 g/mol. The first-order chi connectivity index (χ1) is 6.65. The summed E-state index contributed by atoms with van der Waals surface area (Å²) in [5.74, 6) is -1.80. The molecule has 2 nitrogen and oxygen atoms in total. The van der Waals surface area contributed by atoms with Crippen LogP contribution in [0.15, 0.2) is 18.2 Å². The van der Waals surface area contributed by atoms with Gasteiger partial charge in [-0.25, -0.2) is 8.78 Å². The number of halogens is 2. The molecule has 1 unspecified atom stereocenters. The predicted molar refractivity (Wildman–Crippen MR) is 48.1 cm³/mol. The summed E-state index contributed by atoms with van der Waals surface area (Å²) < 4.78 is 25.3. The highest BCUT2D eigenvalue weighted by atomic mass is 19.2. The quantitative estimate of drug-likeness (QED) is 0.806. The summed E-state index contributed by atoms with van der Waals surface area (Å²) in [6, 6.07) is 5.07. The topological polar surface area (TPSA) is 49.8 Å². The van der Waals surface area contributed by atoms with Crippen molar-refractivity contribution in [2.75, 3.05) is 0 Å². The Labute approximate surface area is 81.0 Å². The van der Waals surface area contributed by atoms with E-state index in [0.717, 1.165) is 12.1 Å². The number of nitrogens with zero attached hydrogens (tertiary/aromatic N) is 1. The maximum absolute atomic E-state index is 12.8. The van der Waals surface area contributed by atoms with Gasteiger partial charge in [0.15, 0.2) is 11.6 Å². The number of hydrogen-bond donors (Lipinski definition) is 1. The molecule has 74 valence electrons. The van der Waals surface area contributed by atoms with Crippen molar-refractivity contribution in [3.05, 3.63) is 35.4 Å². The second kappa shape index (κ2) is 4.68. The SMILES string of the molecule is N#CCCC(N)c1ccc(F)c(F)c1. The lowest BCUT2D eigenvalue weighted by atomic mass is 10.0. The van der Waals surface area contributed by atoms with E-state index in [4.69, 9.17) is 11.0 Å². The van der Waals surface area contributed by atoms with Crippen LogP contribution in [0.1, 0.15) is 24.4 Å². The van der Waals surface area contributed by atoms with Gasteiger partial charge in [0.2, 0.25) is 0 Å². The van der Waals surface area contributed by atoms with E-state index in [1.54, 1.807) is 0 Å². The molecule has 14 heavy (non-hydrogen) atoms. The molecular weight excluding hydrogens is 186 g/mol. The Hall–Kier alpha value is -1.47. The predicted octanol–water partition coefficient (Wildman–Crippen LogP) is 2.27. The molecule has 0 aromatic heterocycles. The van der Waals surface area contributed by atoms with Crippen molar-refractivity contribution in [3.63, 3.8) is 0 Å². The second-order valence-electron chi connectivity index (χ2n) is 2.98. The van der Waals surface area contributed by atoms with E-state index in [1.807, 2.05) is 6.07 Å². The van der Waals surface area contributed by atoms with Gasteiger partial charge in [-0.05, 0) is 24.1 Å². The highest BCUT2D eigenvalue weighted by Crippen LogP contribution is 2.17. The van der Waals surface area contributed by atoms with Crippen LogP contribution in [0.2, 0.25) is 0 Å². The van der Waals surface area contributed by atoms with Gasteiger partial charge in [0.1, 0.15) is 0 Å². The van der Waals surface area contributed by atoms with E-state index >= 15 is 0 Å². The molecule has 2 N–H and O–H groups in total. The molecule has 0 saturated heterocycles. The zero-order valence-corrected chi connectivity index (χ0v) is 7.50. The summed E-state index contributed by atoms with van der Waals surface area (Å²) in [4.78, 5) is 0. The summed E-state index contributed by atoms with van der Waals surface area (Å²) in [5.41, 5.74) is 6.17. The minimum Gasteiger partial charge on any atom is -0.324 e. The highest BCUT2D eigenvalue weighted by Gasteiger charge is 2.08. The average molecular weight is 196 g/mol. The minimum absolute atomic E-state index is 0.306. The lowest BCUT2D eigenvalue weighted by Crippen LogP contribution is -2.10. The molecular formula is C10H10F2N2. The van der Waals surface area contributed by atoms with Crippen LogP contribution >= 0.6 is 0 Å². The van der Waals surface area contributed by atoms with Crippen molar-refractivity contribution in [1.29, 1.82) is 5.26 Å². The zero-order valence-electron chi connectivity index (χ0n) is 7.50. The molecule has 0 amide bonds. The smallest absolute Gasteiger partial charge is 0.159 e. The van der Waals surface area contributed by atoms with E-state index in [0.29, 0.717) is 18.4 Å². The fourth-order valence-electron chi connectivity index (χ4n) is 1.13. The normalized spacial score (nSPS) is 12.1. The third-order valence-corrected chi connectivity index (χ3v) is 1.94. The van der Waals surface area contributed by atoms with E-state index in [9.17, 15) is 8.78 Å². The lowest BCUT2D eigenvalue weighted by molar-refractivity contribution is 0.504. The van der Waals surface area contributed by atoms with Crippen LogP contribution in [-0.2, 0) is 0 Å². The Kier molecular flexibility index (Phi) is 3.55. The van der Waals surface area contributed by atoms with Crippen LogP contribution in [0.3, 0.4) is 0 Å². The molecule has 0 heterocycles. The van der Waals surface area contributed by atoms with Crippen LogP contribution in [0, 0.1) is 23.0 Å². The number of nitriles is 1. The number of hydrogen-bond acceptors (Lipinski definition) is 2. The molecule has 1 aromatic carbocycles.